The minimum atomic E-state index is -0.983. The zero-order valence-electron chi connectivity index (χ0n) is 25.8. The maximum Gasteiger partial charge on any atom is 0.326 e. The molecule has 0 saturated heterocycles. The first-order valence-corrected chi connectivity index (χ1v) is 14.8. The van der Waals surface area contributed by atoms with E-state index in [9.17, 15) is 24.3 Å². The first-order valence-electron chi connectivity index (χ1n) is 14.8. The lowest BCUT2D eigenvalue weighted by Crippen LogP contribution is -2.33. The third kappa shape index (κ3) is 7.34. The van der Waals surface area contributed by atoms with Crippen LogP contribution in [0.3, 0.4) is 0 Å². The SMILES string of the molecule is COc1cc(CC(=O)N(C)c2ccc(C(CCC(=O)O)NC(=O)c3cc(C)on3)cc2)ccc1NC(=O)N1CCc2ccccc21. The number of carbonyl (C=O) groups excluding carboxylic acids is 3. The second kappa shape index (κ2) is 14.0. The topological polar surface area (TPSA) is 154 Å². The number of carboxylic acid groups (broad SMARTS) is 1. The number of aromatic nitrogens is 1. The Morgan fingerprint density at radius 3 is 2.52 bits per heavy atom. The molecule has 4 amide bonds. The van der Waals surface area contributed by atoms with E-state index in [1.807, 2.05) is 24.3 Å². The molecule has 1 aromatic heterocycles. The van der Waals surface area contributed by atoms with Crippen molar-refractivity contribution in [1.29, 1.82) is 0 Å². The number of anilines is 3. The molecule has 3 N–H and O–H groups in total. The Kier molecular flexibility index (Phi) is 9.65. The lowest BCUT2D eigenvalue weighted by atomic mass is 10.0. The van der Waals surface area contributed by atoms with Gasteiger partial charge < -0.3 is 29.9 Å². The van der Waals surface area contributed by atoms with Gasteiger partial charge in [0.25, 0.3) is 5.91 Å². The van der Waals surface area contributed by atoms with E-state index in [2.05, 4.69) is 15.8 Å². The first-order chi connectivity index (χ1) is 22.1. The number of hydrogen-bond donors (Lipinski definition) is 3. The van der Waals surface area contributed by atoms with E-state index in [-0.39, 0.29) is 36.9 Å². The van der Waals surface area contributed by atoms with Gasteiger partial charge in [-0.2, -0.15) is 0 Å². The smallest absolute Gasteiger partial charge is 0.326 e. The number of nitrogens with one attached hydrogen (secondary N) is 2. The highest BCUT2D eigenvalue weighted by Crippen LogP contribution is 2.31. The maximum atomic E-state index is 13.2. The summed E-state index contributed by atoms with van der Waals surface area (Å²) in [6.07, 6.45) is 0.886. The Labute approximate surface area is 265 Å². The van der Waals surface area contributed by atoms with Crippen LogP contribution in [0.4, 0.5) is 21.9 Å². The minimum absolute atomic E-state index is 0.0801. The van der Waals surface area contributed by atoms with Crippen LogP contribution in [0.2, 0.25) is 0 Å². The highest BCUT2D eigenvalue weighted by Gasteiger charge is 2.25. The molecule has 1 atom stereocenters. The summed E-state index contributed by atoms with van der Waals surface area (Å²) in [7, 11) is 3.17. The molecule has 1 aliphatic rings. The number of fused-ring (bicyclic) bond motifs is 1. The number of carboxylic acids is 1. The van der Waals surface area contributed by atoms with Crippen LogP contribution in [-0.2, 0) is 22.4 Å². The monoisotopic (exact) mass is 625 g/mol. The van der Waals surface area contributed by atoms with Gasteiger partial charge in [0.15, 0.2) is 5.69 Å². The molecule has 0 bridgehead atoms. The third-order valence-corrected chi connectivity index (χ3v) is 7.86. The number of aryl methyl sites for hydroxylation is 1. The number of nitrogens with zero attached hydrogens (tertiary/aromatic N) is 3. The molecule has 0 fully saturated rings. The van der Waals surface area contributed by atoms with Crippen molar-refractivity contribution in [2.75, 3.05) is 35.8 Å². The number of methoxy groups -OCH3 is 1. The molecular formula is C34H35N5O7. The number of urea groups is 1. The van der Waals surface area contributed by atoms with E-state index in [1.54, 1.807) is 61.3 Å². The zero-order chi connectivity index (χ0) is 32.8. The van der Waals surface area contributed by atoms with Gasteiger partial charge in [-0.15, -0.1) is 0 Å². The molecule has 4 aromatic rings. The summed E-state index contributed by atoms with van der Waals surface area (Å²) >= 11 is 0. The molecule has 0 saturated carbocycles. The van der Waals surface area contributed by atoms with Crippen LogP contribution in [0, 0.1) is 6.92 Å². The first kappa shape index (κ1) is 31.8. The third-order valence-electron chi connectivity index (χ3n) is 7.86. The predicted molar refractivity (Wildman–Crippen MR) is 171 cm³/mol. The number of para-hydroxylation sites is 1. The van der Waals surface area contributed by atoms with E-state index in [0.29, 0.717) is 40.6 Å². The van der Waals surface area contributed by atoms with Crippen molar-refractivity contribution in [3.63, 3.8) is 0 Å². The van der Waals surface area contributed by atoms with Crippen LogP contribution in [0.15, 0.2) is 77.3 Å². The number of hydrogen-bond acceptors (Lipinski definition) is 7. The summed E-state index contributed by atoms with van der Waals surface area (Å²) < 4.78 is 10.5. The molecule has 1 unspecified atom stereocenters. The molecule has 1 aliphatic heterocycles. The van der Waals surface area contributed by atoms with Crippen LogP contribution >= 0.6 is 0 Å². The van der Waals surface area contributed by atoms with E-state index >= 15 is 0 Å². The standard InChI is InChI=1S/C34H35N5O7/c1-21-18-28(37-46-21)33(43)35-26(14-15-32(41)42)23-9-11-25(12-10-23)38(2)31(40)20-22-8-13-27(30(19-22)45-3)36-34(44)39-17-16-24-6-4-5-7-29(24)39/h4-13,18-19,26H,14-17,20H2,1-3H3,(H,35,43)(H,36,44)(H,41,42). The van der Waals surface area contributed by atoms with Crippen molar-refractivity contribution < 1.29 is 33.5 Å². The summed E-state index contributed by atoms with van der Waals surface area (Å²) in [5.74, 6) is -0.728. The molecule has 3 aromatic carbocycles. The number of ether oxygens (including phenoxy) is 1. The molecule has 46 heavy (non-hydrogen) atoms. The van der Waals surface area contributed by atoms with Crippen molar-refractivity contribution in [1.82, 2.24) is 10.5 Å². The Balaban J connectivity index is 1.23. The molecule has 0 aliphatic carbocycles. The summed E-state index contributed by atoms with van der Waals surface area (Å²) in [5.41, 5.74) is 4.61. The van der Waals surface area contributed by atoms with Crippen LogP contribution < -0.4 is 25.2 Å². The molecule has 0 radical (unpaired) electrons. The highest BCUT2D eigenvalue weighted by atomic mass is 16.5. The molecule has 2 heterocycles. The van der Waals surface area contributed by atoms with Crippen molar-refractivity contribution in [2.45, 2.75) is 38.6 Å². The van der Waals surface area contributed by atoms with Gasteiger partial charge in [0.05, 0.1) is 25.3 Å². The Morgan fingerprint density at radius 2 is 1.83 bits per heavy atom. The summed E-state index contributed by atoms with van der Waals surface area (Å²) in [5, 5.41) is 18.7. The number of rotatable bonds is 11. The quantitative estimate of drug-likeness (QED) is 0.207. The van der Waals surface area contributed by atoms with Crippen molar-refractivity contribution >= 4 is 40.9 Å². The van der Waals surface area contributed by atoms with Gasteiger partial charge in [-0.05, 0) is 66.8 Å². The van der Waals surface area contributed by atoms with E-state index in [1.165, 1.54) is 18.1 Å². The minimum Gasteiger partial charge on any atom is -0.495 e. The van der Waals surface area contributed by atoms with Crippen LogP contribution in [-0.4, -0.2) is 54.8 Å². The van der Waals surface area contributed by atoms with Gasteiger partial charge in [0.1, 0.15) is 11.5 Å². The van der Waals surface area contributed by atoms with Crippen LogP contribution in [0.5, 0.6) is 5.75 Å². The van der Waals surface area contributed by atoms with Gasteiger partial charge in [-0.3, -0.25) is 19.3 Å². The van der Waals surface area contributed by atoms with E-state index < -0.39 is 17.9 Å². The normalized spacial score (nSPS) is 12.6. The van der Waals surface area contributed by atoms with Gasteiger partial charge in [0.2, 0.25) is 5.91 Å². The predicted octanol–water partition coefficient (Wildman–Crippen LogP) is 5.13. The van der Waals surface area contributed by atoms with Crippen molar-refractivity contribution in [3.8, 4) is 5.75 Å². The largest absolute Gasteiger partial charge is 0.495 e. The second-order valence-corrected chi connectivity index (χ2v) is 11.0. The van der Waals surface area contributed by atoms with Gasteiger partial charge in [0, 0.05) is 37.5 Å². The second-order valence-electron chi connectivity index (χ2n) is 11.0. The van der Waals surface area contributed by atoms with Gasteiger partial charge in [-0.25, -0.2) is 4.79 Å². The van der Waals surface area contributed by atoms with Crippen molar-refractivity contribution in [3.05, 3.63) is 101 Å². The molecule has 12 heteroatoms. The average molecular weight is 626 g/mol. The van der Waals surface area contributed by atoms with Gasteiger partial charge >= 0.3 is 12.0 Å². The zero-order valence-corrected chi connectivity index (χ0v) is 25.8. The maximum absolute atomic E-state index is 13.2. The Hall–Kier alpha value is -5.65. The lowest BCUT2D eigenvalue weighted by Gasteiger charge is -2.21. The average Bonchev–Trinajstić information content (AvgIpc) is 3.70. The fourth-order valence-corrected chi connectivity index (χ4v) is 5.34. The Morgan fingerprint density at radius 1 is 1.07 bits per heavy atom. The Bertz CT molecular complexity index is 1750. The summed E-state index contributed by atoms with van der Waals surface area (Å²) in [4.78, 5) is 53.4. The number of likely N-dealkylation sites (N-methyl/N-ethyl adjacent to an activating group) is 1. The summed E-state index contributed by atoms with van der Waals surface area (Å²) in [6.45, 7) is 2.26. The molecule has 12 nitrogen and oxygen atoms in total. The van der Waals surface area contributed by atoms with Crippen LogP contribution in [0.1, 0.15) is 51.8 Å². The van der Waals surface area contributed by atoms with Gasteiger partial charge in [-0.1, -0.05) is 41.6 Å². The highest BCUT2D eigenvalue weighted by molar-refractivity contribution is 6.04. The fourth-order valence-electron chi connectivity index (χ4n) is 5.34. The summed E-state index contributed by atoms with van der Waals surface area (Å²) in [6, 6.07) is 20.7. The molecule has 5 rings (SSSR count). The number of carbonyl (C=O) groups is 4. The van der Waals surface area contributed by atoms with E-state index in [0.717, 1.165) is 17.7 Å². The fraction of sp³-hybridized carbons (Fsp3) is 0.265. The van der Waals surface area contributed by atoms with Crippen LogP contribution in [0.25, 0.3) is 0 Å². The molecule has 238 valence electrons. The number of amides is 4. The number of benzene rings is 3. The van der Waals surface area contributed by atoms with Crippen molar-refractivity contribution in [2.24, 2.45) is 0 Å². The van der Waals surface area contributed by atoms with E-state index in [4.69, 9.17) is 9.26 Å². The lowest BCUT2D eigenvalue weighted by molar-refractivity contribution is -0.137. The number of aliphatic carboxylic acids is 1. The molecular weight excluding hydrogens is 590 g/mol. The molecule has 0 spiro atoms.